The molecule has 4 aliphatic carbocycles. The van der Waals surface area contributed by atoms with Crippen LogP contribution in [0, 0.1) is 37.5 Å². The van der Waals surface area contributed by atoms with Gasteiger partial charge in [-0.25, -0.2) is 0 Å². The van der Waals surface area contributed by atoms with Crippen LogP contribution >= 0.6 is 0 Å². The normalized spacial score (nSPS) is 39.0. The summed E-state index contributed by atoms with van der Waals surface area (Å²) >= 11 is 0. The monoisotopic (exact) mass is 287 g/mol. The first-order chi connectivity index (χ1) is 10.0. The van der Waals surface area contributed by atoms with Gasteiger partial charge in [-0.05, 0) is 76.5 Å². The molecule has 4 saturated carbocycles. The Morgan fingerprint density at radius 3 is 2.10 bits per heavy atom. The lowest BCUT2D eigenvalue weighted by Crippen LogP contribution is -2.54. The maximum atomic E-state index is 4.59. The molecule has 1 N–H and O–H groups in total. The minimum Gasteiger partial charge on any atom is -0.307 e. The van der Waals surface area contributed by atoms with Crippen molar-refractivity contribution in [3.8, 4) is 0 Å². The van der Waals surface area contributed by atoms with Gasteiger partial charge in [0.25, 0.3) is 0 Å². The Kier molecular flexibility index (Phi) is 3.18. The van der Waals surface area contributed by atoms with Crippen molar-refractivity contribution in [2.75, 3.05) is 0 Å². The summed E-state index contributed by atoms with van der Waals surface area (Å²) in [5, 5.41) is 8.61. The van der Waals surface area contributed by atoms with Crippen LogP contribution in [0.25, 0.3) is 0 Å². The fourth-order valence-corrected chi connectivity index (χ4v) is 5.99. The lowest BCUT2D eigenvalue weighted by molar-refractivity contribution is -0.0171. The molecule has 4 fully saturated rings. The van der Waals surface area contributed by atoms with Crippen LogP contribution < -0.4 is 5.32 Å². The first-order valence-electron chi connectivity index (χ1n) is 8.79. The van der Waals surface area contributed by atoms with Gasteiger partial charge in [-0.1, -0.05) is 0 Å². The number of nitrogens with zero attached hydrogens (tertiary/aromatic N) is 2. The van der Waals surface area contributed by atoms with Gasteiger partial charge in [0.05, 0.1) is 5.69 Å². The molecule has 0 saturated heterocycles. The SMILES string of the molecule is Cc1nn(C)c(C)c1C(C)NC1C2CC3CC(C2)CC1C3. The van der Waals surface area contributed by atoms with Gasteiger partial charge in [0.2, 0.25) is 0 Å². The number of nitrogens with one attached hydrogen (secondary N) is 1. The van der Waals surface area contributed by atoms with Gasteiger partial charge < -0.3 is 5.32 Å². The van der Waals surface area contributed by atoms with Crippen molar-refractivity contribution in [3.63, 3.8) is 0 Å². The van der Waals surface area contributed by atoms with E-state index in [0.29, 0.717) is 6.04 Å². The number of aromatic nitrogens is 2. The molecule has 116 valence electrons. The summed E-state index contributed by atoms with van der Waals surface area (Å²) in [7, 11) is 2.06. The van der Waals surface area contributed by atoms with Crippen LogP contribution in [0.2, 0.25) is 0 Å². The van der Waals surface area contributed by atoms with Gasteiger partial charge in [0, 0.05) is 30.4 Å². The van der Waals surface area contributed by atoms with E-state index in [2.05, 4.69) is 38.2 Å². The molecule has 0 radical (unpaired) electrons. The van der Waals surface area contributed by atoms with Crippen molar-refractivity contribution in [1.82, 2.24) is 15.1 Å². The second-order valence-electron chi connectivity index (χ2n) is 8.05. The van der Waals surface area contributed by atoms with Crippen molar-refractivity contribution < 1.29 is 0 Å². The number of hydrogen-bond donors (Lipinski definition) is 1. The van der Waals surface area contributed by atoms with E-state index < -0.39 is 0 Å². The second-order valence-corrected chi connectivity index (χ2v) is 8.05. The summed E-state index contributed by atoms with van der Waals surface area (Å²) < 4.78 is 2.03. The highest BCUT2D eigenvalue weighted by atomic mass is 15.3. The minimum absolute atomic E-state index is 0.432. The van der Waals surface area contributed by atoms with Crippen molar-refractivity contribution in [1.29, 1.82) is 0 Å². The standard InChI is InChI=1S/C18H29N3/c1-10(17-11(2)20-21(4)12(17)3)19-18-15-6-13-5-14(8-15)9-16(18)7-13/h10,13-16,18-19H,5-9H2,1-4H3. The summed E-state index contributed by atoms with van der Waals surface area (Å²) in [6.07, 6.45) is 7.49. The minimum atomic E-state index is 0.432. The Balaban J connectivity index is 1.53. The molecule has 1 heterocycles. The molecular formula is C18H29N3. The molecule has 1 unspecified atom stereocenters. The quantitative estimate of drug-likeness (QED) is 0.922. The predicted octanol–water partition coefficient (Wildman–Crippen LogP) is 3.51. The van der Waals surface area contributed by atoms with E-state index in [0.717, 1.165) is 29.7 Å². The zero-order chi connectivity index (χ0) is 14.7. The summed E-state index contributed by atoms with van der Waals surface area (Å²) in [6, 6.07) is 1.19. The van der Waals surface area contributed by atoms with E-state index in [9.17, 15) is 0 Å². The molecule has 3 heteroatoms. The highest BCUT2D eigenvalue weighted by Crippen LogP contribution is 2.54. The van der Waals surface area contributed by atoms with E-state index in [4.69, 9.17) is 0 Å². The maximum Gasteiger partial charge on any atom is 0.0644 e. The van der Waals surface area contributed by atoms with Crippen LogP contribution in [0.1, 0.15) is 62.0 Å². The summed E-state index contributed by atoms with van der Waals surface area (Å²) in [4.78, 5) is 0. The molecule has 21 heavy (non-hydrogen) atoms. The van der Waals surface area contributed by atoms with Crippen LogP contribution in [0.4, 0.5) is 0 Å². The molecule has 0 aromatic carbocycles. The van der Waals surface area contributed by atoms with E-state index >= 15 is 0 Å². The summed E-state index contributed by atoms with van der Waals surface area (Å²) in [6.45, 7) is 6.68. The molecule has 1 aromatic rings. The van der Waals surface area contributed by atoms with E-state index in [1.54, 1.807) is 0 Å². The van der Waals surface area contributed by atoms with Crippen molar-refractivity contribution >= 4 is 0 Å². The van der Waals surface area contributed by atoms with Crippen LogP contribution in [0.15, 0.2) is 0 Å². The number of hydrogen-bond acceptors (Lipinski definition) is 2. The zero-order valence-corrected chi connectivity index (χ0v) is 13.9. The van der Waals surface area contributed by atoms with Crippen LogP contribution in [-0.2, 0) is 7.05 Å². The highest BCUT2D eigenvalue weighted by Gasteiger charge is 2.48. The summed E-state index contributed by atoms with van der Waals surface area (Å²) in [5.74, 6) is 4.01. The average Bonchev–Trinajstić information content (AvgIpc) is 2.66. The predicted molar refractivity (Wildman–Crippen MR) is 85.1 cm³/mol. The Morgan fingerprint density at radius 1 is 1.05 bits per heavy atom. The number of aryl methyl sites for hydroxylation is 2. The molecule has 5 rings (SSSR count). The molecule has 1 aromatic heterocycles. The lowest BCUT2D eigenvalue weighted by atomic mass is 9.54. The Labute approximate surface area is 128 Å². The topological polar surface area (TPSA) is 29.9 Å². The van der Waals surface area contributed by atoms with Gasteiger partial charge in [0.15, 0.2) is 0 Å². The van der Waals surface area contributed by atoms with Gasteiger partial charge >= 0.3 is 0 Å². The van der Waals surface area contributed by atoms with Crippen molar-refractivity contribution in [3.05, 3.63) is 17.0 Å². The van der Waals surface area contributed by atoms with Crippen molar-refractivity contribution in [2.45, 2.75) is 65.0 Å². The first kappa shape index (κ1) is 13.8. The van der Waals surface area contributed by atoms with E-state index in [1.165, 1.54) is 49.1 Å². The number of rotatable bonds is 3. The van der Waals surface area contributed by atoms with Gasteiger partial charge in [-0.3, -0.25) is 4.68 Å². The first-order valence-corrected chi connectivity index (χ1v) is 8.79. The molecule has 1 atom stereocenters. The van der Waals surface area contributed by atoms with Gasteiger partial charge in [-0.2, -0.15) is 5.10 Å². The third kappa shape index (κ3) is 2.16. The fourth-order valence-electron chi connectivity index (χ4n) is 5.99. The Bertz CT molecular complexity index is 517. The third-order valence-corrected chi connectivity index (χ3v) is 6.67. The lowest BCUT2D eigenvalue weighted by Gasteiger charge is -2.55. The molecular weight excluding hydrogens is 258 g/mol. The zero-order valence-electron chi connectivity index (χ0n) is 13.9. The molecule has 4 bridgehead atoms. The van der Waals surface area contributed by atoms with Gasteiger partial charge in [-0.15, -0.1) is 0 Å². The maximum absolute atomic E-state index is 4.59. The van der Waals surface area contributed by atoms with Crippen LogP contribution in [-0.4, -0.2) is 15.8 Å². The summed E-state index contributed by atoms with van der Waals surface area (Å²) in [5.41, 5.74) is 3.93. The second kappa shape index (κ2) is 4.84. The van der Waals surface area contributed by atoms with Crippen LogP contribution in [0.5, 0.6) is 0 Å². The van der Waals surface area contributed by atoms with E-state index in [1.807, 2.05) is 4.68 Å². The Hall–Kier alpha value is -0.830. The van der Waals surface area contributed by atoms with Crippen LogP contribution in [0.3, 0.4) is 0 Å². The molecule has 0 spiro atoms. The average molecular weight is 287 g/mol. The smallest absolute Gasteiger partial charge is 0.0644 e. The van der Waals surface area contributed by atoms with E-state index in [-0.39, 0.29) is 0 Å². The van der Waals surface area contributed by atoms with Crippen molar-refractivity contribution in [2.24, 2.45) is 30.7 Å². The third-order valence-electron chi connectivity index (χ3n) is 6.67. The fraction of sp³-hybridized carbons (Fsp3) is 0.833. The molecule has 0 amide bonds. The molecule has 4 aliphatic rings. The molecule has 0 aliphatic heterocycles. The highest BCUT2D eigenvalue weighted by molar-refractivity contribution is 5.28. The Morgan fingerprint density at radius 2 is 1.62 bits per heavy atom. The molecule has 3 nitrogen and oxygen atoms in total. The van der Waals surface area contributed by atoms with Gasteiger partial charge in [0.1, 0.15) is 0 Å². The largest absolute Gasteiger partial charge is 0.307 e.